The van der Waals surface area contributed by atoms with Gasteiger partial charge < -0.3 is 9.73 Å². The molecule has 0 saturated heterocycles. The van der Waals surface area contributed by atoms with Crippen LogP contribution in [0.4, 0.5) is 0 Å². The van der Waals surface area contributed by atoms with Gasteiger partial charge in [-0.2, -0.15) is 0 Å². The maximum absolute atomic E-state index is 5.85. The predicted molar refractivity (Wildman–Crippen MR) is 73.3 cm³/mol. The topological polar surface area (TPSA) is 51.0 Å². The fourth-order valence-electron chi connectivity index (χ4n) is 1.91. The smallest absolute Gasteiger partial charge is 0.220 e. The lowest BCUT2D eigenvalue weighted by molar-refractivity contribution is 0.451. The van der Waals surface area contributed by atoms with E-state index in [1.165, 1.54) is 12.8 Å². The quantitative estimate of drug-likeness (QED) is 0.882. The van der Waals surface area contributed by atoms with Gasteiger partial charge in [0.2, 0.25) is 11.8 Å². The summed E-state index contributed by atoms with van der Waals surface area (Å²) in [5.74, 6) is 1.36. The molecule has 0 aliphatic heterocycles. The van der Waals surface area contributed by atoms with Gasteiger partial charge in [0.25, 0.3) is 0 Å². The molecule has 0 unspecified atom stereocenters. The summed E-state index contributed by atoms with van der Waals surface area (Å²) in [6, 6.07) is 8.40. The van der Waals surface area contributed by atoms with Crippen LogP contribution < -0.4 is 5.32 Å². The molecule has 0 atom stereocenters. The van der Waals surface area contributed by atoms with Gasteiger partial charge in [0, 0.05) is 24.0 Å². The van der Waals surface area contributed by atoms with Crippen LogP contribution in [0.1, 0.15) is 30.2 Å². The van der Waals surface area contributed by atoms with Gasteiger partial charge in [-0.15, -0.1) is 10.2 Å². The van der Waals surface area contributed by atoms with E-state index in [2.05, 4.69) is 15.5 Å². The van der Waals surface area contributed by atoms with Crippen LogP contribution in [0.25, 0.3) is 0 Å². The van der Waals surface area contributed by atoms with Gasteiger partial charge in [-0.05, 0) is 30.5 Å². The van der Waals surface area contributed by atoms with E-state index < -0.39 is 0 Å². The Balaban J connectivity index is 1.53. The first kappa shape index (κ1) is 12.6. The highest BCUT2D eigenvalue weighted by molar-refractivity contribution is 6.30. The lowest BCUT2D eigenvalue weighted by atomic mass is 10.1. The van der Waals surface area contributed by atoms with E-state index >= 15 is 0 Å². The molecule has 19 heavy (non-hydrogen) atoms. The zero-order valence-corrected chi connectivity index (χ0v) is 11.4. The fourth-order valence-corrected chi connectivity index (χ4v) is 2.03. The SMILES string of the molecule is Clc1ccc(Cc2nnc(CCNC3CC3)o2)cc1. The molecular weight excluding hydrogens is 262 g/mol. The molecule has 2 aromatic rings. The number of benzene rings is 1. The summed E-state index contributed by atoms with van der Waals surface area (Å²) >= 11 is 5.85. The Morgan fingerprint density at radius 1 is 1.16 bits per heavy atom. The molecule has 100 valence electrons. The summed E-state index contributed by atoms with van der Waals surface area (Å²) in [5.41, 5.74) is 1.12. The Labute approximate surface area is 117 Å². The van der Waals surface area contributed by atoms with Crippen LogP contribution in [0.5, 0.6) is 0 Å². The van der Waals surface area contributed by atoms with Crippen molar-refractivity contribution in [3.8, 4) is 0 Å². The average Bonchev–Trinajstić information content (AvgIpc) is 3.12. The van der Waals surface area contributed by atoms with Gasteiger partial charge >= 0.3 is 0 Å². The molecule has 4 nitrogen and oxygen atoms in total. The number of aromatic nitrogens is 2. The van der Waals surface area contributed by atoms with E-state index in [-0.39, 0.29) is 0 Å². The van der Waals surface area contributed by atoms with Gasteiger partial charge in [0.15, 0.2) is 0 Å². The van der Waals surface area contributed by atoms with E-state index in [9.17, 15) is 0 Å². The van der Waals surface area contributed by atoms with Crippen LogP contribution in [0.2, 0.25) is 5.02 Å². The van der Waals surface area contributed by atoms with Crippen molar-refractivity contribution in [1.29, 1.82) is 0 Å². The predicted octanol–water partition coefficient (Wildman–Crippen LogP) is 2.61. The van der Waals surface area contributed by atoms with Crippen molar-refractivity contribution >= 4 is 11.6 Å². The number of halogens is 1. The molecule has 1 N–H and O–H groups in total. The number of rotatable bonds is 6. The third-order valence-corrected chi connectivity index (χ3v) is 3.38. The lowest BCUT2D eigenvalue weighted by Crippen LogP contribution is -2.19. The van der Waals surface area contributed by atoms with Gasteiger partial charge in [-0.3, -0.25) is 0 Å². The van der Waals surface area contributed by atoms with E-state index in [1.807, 2.05) is 24.3 Å². The van der Waals surface area contributed by atoms with E-state index in [0.29, 0.717) is 18.2 Å². The molecule has 0 spiro atoms. The minimum Gasteiger partial charge on any atom is -0.425 e. The van der Waals surface area contributed by atoms with Crippen LogP contribution in [-0.2, 0) is 12.8 Å². The number of hydrogen-bond donors (Lipinski definition) is 1. The van der Waals surface area contributed by atoms with Crippen LogP contribution >= 0.6 is 11.6 Å². The summed E-state index contributed by atoms with van der Waals surface area (Å²) < 4.78 is 5.62. The Bertz CT molecular complexity index is 534. The Morgan fingerprint density at radius 2 is 1.89 bits per heavy atom. The van der Waals surface area contributed by atoms with E-state index in [4.69, 9.17) is 16.0 Å². The monoisotopic (exact) mass is 277 g/mol. The second-order valence-electron chi connectivity index (χ2n) is 4.87. The van der Waals surface area contributed by atoms with Gasteiger partial charge in [0.05, 0.1) is 6.42 Å². The summed E-state index contributed by atoms with van der Waals surface area (Å²) in [6.45, 7) is 0.910. The number of nitrogens with one attached hydrogen (secondary N) is 1. The molecule has 1 aromatic carbocycles. The highest BCUT2D eigenvalue weighted by atomic mass is 35.5. The zero-order chi connectivity index (χ0) is 13.1. The van der Waals surface area contributed by atoms with Crippen LogP contribution in [0.15, 0.2) is 28.7 Å². The highest BCUT2D eigenvalue weighted by Gasteiger charge is 2.20. The summed E-state index contributed by atoms with van der Waals surface area (Å²) in [7, 11) is 0. The molecule has 1 heterocycles. The molecule has 1 aliphatic rings. The zero-order valence-electron chi connectivity index (χ0n) is 10.6. The van der Waals surface area contributed by atoms with Crippen LogP contribution in [0.3, 0.4) is 0 Å². The molecule has 3 rings (SSSR count). The molecule has 0 amide bonds. The van der Waals surface area contributed by atoms with Gasteiger partial charge in [-0.25, -0.2) is 0 Å². The van der Waals surface area contributed by atoms with Crippen molar-refractivity contribution in [2.75, 3.05) is 6.54 Å². The van der Waals surface area contributed by atoms with Crippen molar-refractivity contribution in [2.45, 2.75) is 31.7 Å². The van der Waals surface area contributed by atoms with Crippen molar-refractivity contribution in [3.05, 3.63) is 46.6 Å². The molecule has 1 fully saturated rings. The Kier molecular flexibility index (Phi) is 3.80. The molecule has 1 aromatic heterocycles. The van der Waals surface area contributed by atoms with Gasteiger partial charge in [-0.1, -0.05) is 23.7 Å². The highest BCUT2D eigenvalue weighted by Crippen LogP contribution is 2.18. The Morgan fingerprint density at radius 3 is 2.63 bits per heavy atom. The van der Waals surface area contributed by atoms with Crippen molar-refractivity contribution in [3.63, 3.8) is 0 Å². The average molecular weight is 278 g/mol. The molecule has 5 heteroatoms. The minimum absolute atomic E-state index is 0.653. The largest absolute Gasteiger partial charge is 0.425 e. The minimum atomic E-state index is 0.653. The van der Waals surface area contributed by atoms with Crippen molar-refractivity contribution in [2.24, 2.45) is 0 Å². The normalized spacial score (nSPS) is 14.8. The standard InChI is InChI=1S/C14H16ClN3O/c15-11-3-1-10(2-4-11)9-14-18-17-13(19-14)7-8-16-12-5-6-12/h1-4,12,16H,5-9H2. The summed E-state index contributed by atoms with van der Waals surface area (Å²) in [5, 5.41) is 12.3. The molecule has 0 bridgehead atoms. The second kappa shape index (κ2) is 5.72. The number of hydrogen-bond acceptors (Lipinski definition) is 4. The van der Waals surface area contributed by atoms with Gasteiger partial charge in [0.1, 0.15) is 0 Å². The summed E-state index contributed by atoms with van der Waals surface area (Å²) in [6.07, 6.45) is 4.04. The molecule has 1 aliphatic carbocycles. The van der Waals surface area contributed by atoms with E-state index in [1.54, 1.807) is 0 Å². The number of nitrogens with zero attached hydrogens (tertiary/aromatic N) is 2. The van der Waals surface area contributed by atoms with Crippen LogP contribution in [-0.4, -0.2) is 22.8 Å². The molecule has 1 saturated carbocycles. The maximum atomic E-state index is 5.85. The third kappa shape index (κ3) is 3.78. The first-order chi connectivity index (χ1) is 9.29. The van der Waals surface area contributed by atoms with Crippen molar-refractivity contribution in [1.82, 2.24) is 15.5 Å². The fraction of sp³-hybridized carbons (Fsp3) is 0.429. The Hall–Kier alpha value is -1.39. The molecular formula is C14H16ClN3O. The maximum Gasteiger partial charge on any atom is 0.220 e. The van der Waals surface area contributed by atoms with Crippen LogP contribution in [0, 0.1) is 0 Å². The van der Waals surface area contributed by atoms with E-state index in [0.717, 1.165) is 29.6 Å². The van der Waals surface area contributed by atoms with Crippen molar-refractivity contribution < 1.29 is 4.42 Å². The third-order valence-electron chi connectivity index (χ3n) is 3.13. The second-order valence-corrected chi connectivity index (χ2v) is 5.31. The first-order valence-corrected chi connectivity index (χ1v) is 6.96. The first-order valence-electron chi connectivity index (χ1n) is 6.59. The lowest BCUT2D eigenvalue weighted by Gasteiger charge is -1.98. The molecule has 0 radical (unpaired) electrons. The summed E-state index contributed by atoms with van der Waals surface area (Å²) in [4.78, 5) is 0.